The third-order valence-electron chi connectivity index (χ3n) is 6.74. The van der Waals surface area contributed by atoms with Gasteiger partial charge in [0.05, 0.1) is 12.2 Å². The Morgan fingerprint density at radius 1 is 1.03 bits per heavy atom. The fourth-order valence-electron chi connectivity index (χ4n) is 5.08. The minimum atomic E-state index is -0.299. The Morgan fingerprint density at radius 2 is 1.77 bits per heavy atom. The van der Waals surface area contributed by atoms with Gasteiger partial charge in [-0.1, -0.05) is 6.42 Å². The molecule has 4 rings (SSSR count). The molecule has 1 aromatic heterocycles. The number of likely N-dealkylation sites (tertiary alicyclic amines) is 2. The SMILES string of the molecule is CCOC(=O)c1c(NC(=O)N2CCC(CN3CCCCC3)CC2)sc2c1CCCC2. The highest BCUT2D eigenvalue weighted by Gasteiger charge is 2.30. The average molecular weight is 434 g/mol. The molecule has 30 heavy (non-hydrogen) atoms. The van der Waals surface area contributed by atoms with Gasteiger partial charge < -0.3 is 14.5 Å². The number of esters is 1. The van der Waals surface area contributed by atoms with E-state index >= 15 is 0 Å². The van der Waals surface area contributed by atoms with Crippen molar-refractivity contribution in [3.05, 3.63) is 16.0 Å². The van der Waals surface area contributed by atoms with Gasteiger partial charge in [-0.05, 0) is 82.9 Å². The van der Waals surface area contributed by atoms with Crippen LogP contribution in [0.3, 0.4) is 0 Å². The van der Waals surface area contributed by atoms with Crippen LogP contribution in [-0.4, -0.2) is 61.1 Å². The molecule has 1 aliphatic carbocycles. The number of thiophene rings is 1. The third kappa shape index (κ3) is 4.99. The number of nitrogens with zero attached hydrogens (tertiary/aromatic N) is 2. The van der Waals surface area contributed by atoms with Crippen molar-refractivity contribution in [2.75, 3.05) is 44.6 Å². The first-order valence-corrected chi connectivity index (χ1v) is 12.6. The average Bonchev–Trinajstić information content (AvgIpc) is 3.13. The van der Waals surface area contributed by atoms with Crippen molar-refractivity contribution in [1.82, 2.24) is 9.80 Å². The Bertz CT molecular complexity index is 749. The van der Waals surface area contributed by atoms with Gasteiger partial charge in [-0.25, -0.2) is 9.59 Å². The van der Waals surface area contributed by atoms with E-state index in [9.17, 15) is 9.59 Å². The lowest BCUT2D eigenvalue weighted by Crippen LogP contribution is -2.44. The fraction of sp³-hybridized carbons (Fsp3) is 0.739. The molecule has 0 aromatic carbocycles. The number of ether oxygens (including phenoxy) is 1. The summed E-state index contributed by atoms with van der Waals surface area (Å²) in [5.41, 5.74) is 1.70. The molecule has 1 aromatic rings. The molecule has 0 spiro atoms. The summed E-state index contributed by atoms with van der Waals surface area (Å²) in [6.07, 6.45) is 10.3. The number of amides is 2. The predicted octanol–water partition coefficient (Wildman–Crippen LogP) is 4.53. The molecule has 2 aliphatic heterocycles. The lowest BCUT2D eigenvalue weighted by molar-refractivity contribution is 0.0526. The number of hydrogen-bond donors (Lipinski definition) is 1. The first-order valence-electron chi connectivity index (χ1n) is 11.8. The monoisotopic (exact) mass is 433 g/mol. The van der Waals surface area contributed by atoms with E-state index in [1.807, 2.05) is 11.8 Å². The number of nitrogens with one attached hydrogen (secondary N) is 1. The van der Waals surface area contributed by atoms with Crippen molar-refractivity contribution in [2.24, 2.45) is 5.92 Å². The van der Waals surface area contributed by atoms with E-state index in [-0.39, 0.29) is 12.0 Å². The quantitative estimate of drug-likeness (QED) is 0.693. The molecule has 7 heteroatoms. The maximum Gasteiger partial charge on any atom is 0.341 e. The van der Waals surface area contributed by atoms with Crippen molar-refractivity contribution in [3.63, 3.8) is 0 Å². The number of anilines is 1. The Morgan fingerprint density at radius 3 is 2.50 bits per heavy atom. The first-order chi connectivity index (χ1) is 14.7. The summed E-state index contributed by atoms with van der Waals surface area (Å²) < 4.78 is 5.30. The van der Waals surface area contributed by atoms with E-state index in [1.54, 1.807) is 11.3 Å². The molecule has 0 atom stereocenters. The van der Waals surface area contributed by atoms with Crippen LogP contribution in [0.15, 0.2) is 0 Å². The van der Waals surface area contributed by atoms with Gasteiger partial charge >= 0.3 is 12.0 Å². The zero-order valence-corrected chi connectivity index (χ0v) is 19.0. The Hall–Kier alpha value is -1.60. The summed E-state index contributed by atoms with van der Waals surface area (Å²) in [6.45, 7) is 7.42. The third-order valence-corrected chi connectivity index (χ3v) is 7.95. The molecule has 3 aliphatic rings. The molecule has 0 unspecified atom stereocenters. The summed E-state index contributed by atoms with van der Waals surface area (Å²) in [6, 6.07) is -0.0735. The van der Waals surface area contributed by atoms with Gasteiger partial charge in [-0.2, -0.15) is 0 Å². The van der Waals surface area contributed by atoms with Gasteiger partial charge in [0.15, 0.2) is 0 Å². The van der Waals surface area contributed by atoms with Gasteiger partial charge in [0.1, 0.15) is 5.00 Å². The number of urea groups is 1. The Kier molecular flexibility index (Phi) is 7.31. The summed E-state index contributed by atoms with van der Waals surface area (Å²) in [5, 5.41) is 3.75. The van der Waals surface area contributed by atoms with Crippen LogP contribution in [0.1, 0.15) is 72.7 Å². The minimum Gasteiger partial charge on any atom is -0.462 e. The standard InChI is InChI=1S/C23H35N3O3S/c1-2-29-22(27)20-18-8-4-5-9-19(18)30-21(20)24-23(28)26-14-10-17(11-15-26)16-25-12-6-3-7-13-25/h17H,2-16H2,1H3,(H,24,28). The summed E-state index contributed by atoms with van der Waals surface area (Å²) in [7, 11) is 0. The molecule has 166 valence electrons. The second kappa shape index (κ2) is 10.1. The molecular weight excluding hydrogens is 398 g/mol. The number of carbonyl (C=O) groups is 2. The van der Waals surface area contributed by atoms with Gasteiger partial charge in [-0.15, -0.1) is 11.3 Å². The molecule has 2 amide bonds. The minimum absolute atomic E-state index is 0.0735. The molecule has 2 fully saturated rings. The molecule has 1 N–H and O–H groups in total. The highest BCUT2D eigenvalue weighted by Crippen LogP contribution is 2.39. The number of hydrogen-bond acceptors (Lipinski definition) is 5. The zero-order valence-electron chi connectivity index (χ0n) is 18.2. The maximum absolute atomic E-state index is 13.0. The van der Waals surface area contributed by atoms with E-state index in [4.69, 9.17) is 4.74 Å². The molecule has 2 saturated heterocycles. The van der Waals surface area contributed by atoms with Crippen LogP contribution in [0, 0.1) is 5.92 Å². The number of carbonyl (C=O) groups excluding carboxylic acids is 2. The second-order valence-electron chi connectivity index (χ2n) is 8.86. The smallest absolute Gasteiger partial charge is 0.341 e. The molecule has 3 heterocycles. The lowest BCUT2D eigenvalue weighted by atomic mass is 9.95. The van der Waals surface area contributed by atoms with Crippen molar-refractivity contribution in [1.29, 1.82) is 0 Å². The topological polar surface area (TPSA) is 61.9 Å². The van der Waals surface area contributed by atoms with E-state index in [0.29, 0.717) is 23.1 Å². The van der Waals surface area contributed by atoms with Crippen molar-refractivity contribution < 1.29 is 14.3 Å². The van der Waals surface area contributed by atoms with Gasteiger partial charge in [0, 0.05) is 24.5 Å². The van der Waals surface area contributed by atoms with Crippen LogP contribution in [-0.2, 0) is 17.6 Å². The molecule has 6 nitrogen and oxygen atoms in total. The fourth-order valence-corrected chi connectivity index (χ4v) is 6.34. The van der Waals surface area contributed by atoms with Gasteiger partial charge in [0.2, 0.25) is 0 Å². The van der Waals surface area contributed by atoms with Crippen molar-refractivity contribution >= 4 is 28.3 Å². The normalized spacial score (nSPS) is 20.6. The number of piperidine rings is 2. The highest BCUT2D eigenvalue weighted by molar-refractivity contribution is 7.17. The molecular formula is C23H35N3O3S. The lowest BCUT2D eigenvalue weighted by Gasteiger charge is -2.36. The largest absolute Gasteiger partial charge is 0.462 e. The van der Waals surface area contributed by atoms with E-state index in [0.717, 1.165) is 57.2 Å². The predicted molar refractivity (Wildman–Crippen MR) is 121 cm³/mol. The van der Waals surface area contributed by atoms with Crippen LogP contribution < -0.4 is 5.32 Å². The number of fused-ring (bicyclic) bond motifs is 1. The maximum atomic E-state index is 13.0. The van der Waals surface area contributed by atoms with Crippen LogP contribution in [0.5, 0.6) is 0 Å². The van der Waals surface area contributed by atoms with E-state index < -0.39 is 0 Å². The second-order valence-corrected chi connectivity index (χ2v) is 9.96. The molecule has 0 bridgehead atoms. The van der Waals surface area contributed by atoms with Crippen LogP contribution in [0.25, 0.3) is 0 Å². The van der Waals surface area contributed by atoms with E-state index in [1.165, 1.54) is 43.8 Å². The highest BCUT2D eigenvalue weighted by atomic mass is 32.1. The first kappa shape index (κ1) is 21.6. The van der Waals surface area contributed by atoms with Crippen LogP contribution in [0.4, 0.5) is 9.80 Å². The number of aryl methyl sites for hydroxylation is 1. The van der Waals surface area contributed by atoms with Crippen molar-refractivity contribution in [2.45, 2.75) is 64.7 Å². The van der Waals surface area contributed by atoms with Gasteiger partial charge in [-0.3, -0.25) is 5.32 Å². The Balaban J connectivity index is 1.36. The zero-order chi connectivity index (χ0) is 20.9. The van der Waals surface area contributed by atoms with Crippen molar-refractivity contribution in [3.8, 4) is 0 Å². The molecule has 0 radical (unpaired) electrons. The molecule has 0 saturated carbocycles. The summed E-state index contributed by atoms with van der Waals surface area (Å²) in [4.78, 5) is 31.3. The van der Waals surface area contributed by atoms with Crippen LogP contribution in [0.2, 0.25) is 0 Å². The van der Waals surface area contributed by atoms with E-state index in [2.05, 4.69) is 10.2 Å². The summed E-state index contributed by atoms with van der Waals surface area (Å²) in [5.74, 6) is 0.392. The number of rotatable bonds is 5. The summed E-state index contributed by atoms with van der Waals surface area (Å²) >= 11 is 1.57. The Labute approximate surface area is 183 Å². The van der Waals surface area contributed by atoms with Gasteiger partial charge in [0.25, 0.3) is 0 Å². The van der Waals surface area contributed by atoms with Crippen LogP contribution >= 0.6 is 11.3 Å².